The van der Waals surface area contributed by atoms with Gasteiger partial charge < -0.3 is 15.6 Å². The normalized spacial score (nSPS) is 18.8. The zero-order valence-corrected chi connectivity index (χ0v) is 24.3. The van der Waals surface area contributed by atoms with Crippen LogP contribution in [0.4, 0.5) is 0 Å². The molecule has 2 atom stereocenters. The fourth-order valence-electron chi connectivity index (χ4n) is 5.53. The van der Waals surface area contributed by atoms with Crippen molar-refractivity contribution in [3.63, 3.8) is 0 Å². The lowest BCUT2D eigenvalue weighted by Gasteiger charge is -2.47. The fourth-order valence-corrected chi connectivity index (χ4v) is 6.63. The average Bonchev–Trinajstić information content (AvgIpc) is 2.93. The van der Waals surface area contributed by atoms with Crippen LogP contribution in [0.15, 0.2) is 100 Å². The van der Waals surface area contributed by atoms with Crippen molar-refractivity contribution in [2.75, 3.05) is 0 Å². The number of hydrogen-bond acceptors (Lipinski definition) is 5. The minimum absolute atomic E-state index is 0.0361. The highest BCUT2D eigenvalue weighted by Crippen LogP contribution is 2.49. The minimum Gasteiger partial charge on any atom is -0.511 e. The number of carbonyl (C=O) groups excluding carboxylic acids is 1. The third-order valence-corrected chi connectivity index (χ3v) is 9.09. The molecule has 39 heavy (non-hydrogen) atoms. The molecule has 0 aliphatic carbocycles. The van der Waals surface area contributed by atoms with Crippen LogP contribution in [0.25, 0.3) is 0 Å². The smallest absolute Gasteiger partial charge is 0.349 e. The van der Waals surface area contributed by atoms with Crippen LogP contribution in [0, 0.1) is 5.41 Å². The molecule has 1 aliphatic rings. The van der Waals surface area contributed by atoms with E-state index in [0.717, 1.165) is 41.7 Å². The monoisotopic (exact) mass is 543 g/mol. The zero-order valence-electron chi connectivity index (χ0n) is 23.5. The average molecular weight is 544 g/mol. The fraction of sp³-hybridized carbons (Fsp3) is 0.382. The summed E-state index contributed by atoms with van der Waals surface area (Å²) in [5.74, 6) is -0.203. The standard InChI is InChI=1S/C34H41NO3S/c1-24(2)27-20-11-12-21-29(27)39-30-28(36)23-34(38-31(30)37,26-18-9-6-10-19-26)32(35)33(3,4)22-14-13-17-25-15-7-5-8-16-25/h5-12,15-16,18-21,24,32,36H,13-14,17,22-23,35H2,1-4H3. The quantitative estimate of drug-likeness (QED) is 0.188. The van der Waals surface area contributed by atoms with Crippen molar-refractivity contribution in [1.29, 1.82) is 0 Å². The Morgan fingerprint density at radius 3 is 2.21 bits per heavy atom. The summed E-state index contributed by atoms with van der Waals surface area (Å²) in [6, 6.07) is 27.6. The largest absolute Gasteiger partial charge is 0.511 e. The van der Waals surface area contributed by atoms with Crippen molar-refractivity contribution < 1.29 is 14.6 Å². The van der Waals surface area contributed by atoms with E-state index in [-0.39, 0.29) is 28.4 Å². The Balaban J connectivity index is 1.59. The van der Waals surface area contributed by atoms with Gasteiger partial charge in [0.15, 0.2) is 5.60 Å². The number of nitrogens with two attached hydrogens (primary N) is 1. The summed E-state index contributed by atoms with van der Waals surface area (Å²) in [6.07, 6.45) is 4.10. The molecule has 3 aromatic carbocycles. The van der Waals surface area contributed by atoms with Gasteiger partial charge in [0.05, 0.1) is 12.5 Å². The van der Waals surface area contributed by atoms with Crippen molar-refractivity contribution in [2.45, 2.75) is 82.3 Å². The van der Waals surface area contributed by atoms with Gasteiger partial charge in [0.1, 0.15) is 10.7 Å². The number of cyclic esters (lactones) is 1. The molecule has 3 aromatic rings. The molecule has 1 aliphatic heterocycles. The number of carbonyl (C=O) groups is 1. The van der Waals surface area contributed by atoms with E-state index in [9.17, 15) is 9.90 Å². The lowest BCUT2D eigenvalue weighted by atomic mass is 9.68. The molecule has 206 valence electrons. The number of esters is 1. The number of thioether (sulfide) groups is 1. The van der Waals surface area contributed by atoms with Gasteiger partial charge in [0, 0.05) is 4.90 Å². The SMILES string of the molecule is CC(C)c1ccccc1SC1=C(O)CC(c2ccccc2)(C(N)C(C)(C)CCCCc2ccccc2)OC1=O. The van der Waals surface area contributed by atoms with Crippen LogP contribution in [0.2, 0.25) is 0 Å². The first-order valence-corrected chi connectivity index (χ1v) is 14.7. The van der Waals surface area contributed by atoms with Gasteiger partial charge in [-0.2, -0.15) is 0 Å². The Hall–Kier alpha value is -3.02. The van der Waals surface area contributed by atoms with Gasteiger partial charge in [-0.05, 0) is 53.4 Å². The predicted molar refractivity (Wildman–Crippen MR) is 161 cm³/mol. The van der Waals surface area contributed by atoms with Gasteiger partial charge in [0.25, 0.3) is 0 Å². The highest BCUT2D eigenvalue weighted by atomic mass is 32.2. The number of aliphatic hydroxyl groups excluding tert-OH is 1. The lowest BCUT2D eigenvalue weighted by molar-refractivity contribution is -0.166. The van der Waals surface area contributed by atoms with Crippen molar-refractivity contribution >= 4 is 17.7 Å². The van der Waals surface area contributed by atoms with Crippen LogP contribution >= 0.6 is 11.8 Å². The zero-order chi connectivity index (χ0) is 28.0. The molecule has 0 amide bonds. The van der Waals surface area contributed by atoms with E-state index in [1.54, 1.807) is 0 Å². The van der Waals surface area contributed by atoms with Gasteiger partial charge >= 0.3 is 5.97 Å². The molecule has 0 aromatic heterocycles. The predicted octanol–water partition coefficient (Wildman–Crippen LogP) is 8.28. The van der Waals surface area contributed by atoms with E-state index in [2.05, 4.69) is 58.0 Å². The second-order valence-electron chi connectivity index (χ2n) is 11.6. The molecule has 3 N–H and O–H groups in total. The molecule has 1 heterocycles. The number of aryl methyl sites for hydroxylation is 1. The highest BCUT2D eigenvalue weighted by Gasteiger charge is 2.52. The van der Waals surface area contributed by atoms with Crippen LogP contribution in [-0.2, 0) is 21.6 Å². The number of hydrogen-bond donors (Lipinski definition) is 2. The van der Waals surface area contributed by atoms with Gasteiger partial charge in [-0.1, -0.05) is 125 Å². The Morgan fingerprint density at radius 2 is 1.56 bits per heavy atom. The third kappa shape index (κ3) is 6.59. The van der Waals surface area contributed by atoms with Crippen molar-refractivity contribution in [3.05, 3.63) is 112 Å². The summed E-state index contributed by atoms with van der Waals surface area (Å²) < 4.78 is 6.34. The number of aliphatic hydroxyl groups is 1. The molecular formula is C34H41NO3S. The van der Waals surface area contributed by atoms with Crippen LogP contribution in [0.1, 0.15) is 76.0 Å². The maximum Gasteiger partial charge on any atom is 0.349 e. The van der Waals surface area contributed by atoms with Crippen molar-refractivity contribution in [1.82, 2.24) is 0 Å². The maximum atomic E-state index is 13.6. The molecule has 0 radical (unpaired) electrons. The van der Waals surface area contributed by atoms with Gasteiger partial charge in [-0.15, -0.1) is 0 Å². The van der Waals surface area contributed by atoms with E-state index in [0.29, 0.717) is 0 Å². The molecule has 4 rings (SSSR count). The summed E-state index contributed by atoms with van der Waals surface area (Å²) in [6.45, 7) is 8.52. The van der Waals surface area contributed by atoms with Gasteiger partial charge in [-0.25, -0.2) is 4.79 Å². The van der Waals surface area contributed by atoms with E-state index >= 15 is 0 Å². The number of unbranched alkanes of at least 4 members (excludes halogenated alkanes) is 1. The third-order valence-electron chi connectivity index (χ3n) is 7.89. The molecule has 5 heteroatoms. The first-order valence-electron chi connectivity index (χ1n) is 13.9. The van der Waals surface area contributed by atoms with E-state index < -0.39 is 17.6 Å². The summed E-state index contributed by atoms with van der Waals surface area (Å²) in [7, 11) is 0. The highest BCUT2D eigenvalue weighted by molar-refractivity contribution is 8.04. The minimum atomic E-state index is -1.16. The summed E-state index contributed by atoms with van der Waals surface area (Å²) in [4.78, 5) is 14.8. The Bertz CT molecular complexity index is 1290. The molecule has 0 saturated carbocycles. The summed E-state index contributed by atoms with van der Waals surface area (Å²) in [5.41, 5.74) is 8.82. The first-order chi connectivity index (χ1) is 18.6. The number of ether oxygens (including phenoxy) is 1. The lowest BCUT2D eigenvalue weighted by Crippen LogP contribution is -2.57. The van der Waals surface area contributed by atoms with E-state index in [1.807, 2.05) is 54.6 Å². The summed E-state index contributed by atoms with van der Waals surface area (Å²) >= 11 is 1.28. The topological polar surface area (TPSA) is 72.6 Å². The Labute approximate surface area is 237 Å². The molecule has 0 bridgehead atoms. The van der Waals surface area contributed by atoms with Crippen molar-refractivity contribution in [3.8, 4) is 0 Å². The van der Waals surface area contributed by atoms with E-state index in [1.165, 1.54) is 17.3 Å². The van der Waals surface area contributed by atoms with Gasteiger partial charge in [0.2, 0.25) is 0 Å². The van der Waals surface area contributed by atoms with Crippen LogP contribution in [-0.4, -0.2) is 17.1 Å². The second kappa shape index (κ2) is 12.4. The van der Waals surface area contributed by atoms with Crippen molar-refractivity contribution in [2.24, 2.45) is 11.1 Å². The second-order valence-corrected chi connectivity index (χ2v) is 12.6. The summed E-state index contributed by atoms with van der Waals surface area (Å²) in [5, 5.41) is 11.4. The Kier molecular flexibility index (Phi) is 9.24. The first kappa shape index (κ1) is 29.0. The molecule has 0 saturated heterocycles. The molecule has 0 spiro atoms. The number of rotatable bonds is 11. The molecular weight excluding hydrogens is 502 g/mol. The molecule has 2 unspecified atom stereocenters. The number of benzene rings is 3. The van der Waals surface area contributed by atoms with Crippen LogP contribution < -0.4 is 5.73 Å². The van der Waals surface area contributed by atoms with Crippen LogP contribution in [0.3, 0.4) is 0 Å². The van der Waals surface area contributed by atoms with E-state index in [4.69, 9.17) is 10.5 Å². The Morgan fingerprint density at radius 1 is 0.949 bits per heavy atom. The molecule has 4 nitrogen and oxygen atoms in total. The van der Waals surface area contributed by atoms with Crippen LogP contribution in [0.5, 0.6) is 0 Å². The molecule has 0 fully saturated rings. The van der Waals surface area contributed by atoms with Gasteiger partial charge in [-0.3, -0.25) is 0 Å². The maximum absolute atomic E-state index is 13.6.